The summed E-state index contributed by atoms with van der Waals surface area (Å²) in [4.78, 5) is 21.7. The minimum Gasteiger partial charge on any atom is -0.375 e. The van der Waals surface area contributed by atoms with Gasteiger partial charge < -0.3 is 10.6 Å². The summed E-state index contributed by atoms with van der Waals surface area (Å²) in [5.41, 5.74) is 1.09. The van der Waals surface area contributed by atoms with Gasteiger partial charge in [0.15, 0.2) is 0 Å². The molecule has 1 rings (SSSR count). The highest BCUT2D eigenvalue weighted by Gasteiger charge is 2.14. The SMILES string of the molecule is Cc1cc([N+](=O)[O-])cc(Cl)c1NCC(=O)NC(C)C. The van der Waals surface area contributed by atoms with Gasteiger partial charge in [0.2, 0.25) is 5.91 Å². The van der Waals surface area contributed by atoms with E-state index >= 15 is 0 Å². The number of amides is 1. The fraction of sp³-hybridized carbons (Fsp3) is 0.417. The van der Waals surface area contributed by atoms with Crippen LogP contribution < -0.4 is 10.6 Å². The van der Waals surface area contributed by atoms with Crippen molar-refractivity contribution in [3.05, 3.63) is 32.8 Å². The van der Waals surface area contributed by atoms with Crippen molar-refractivity contribution < 1.29 is 9.72 Å². The zero-order valence-electron chi connectivity index (χ0n) is 11.0. The lowest BCUT2D eigenvalue weighted by atomic mass is 10.1. The maximum absolute atomic E-state index is 11.5. The third-order valence-electron chi connectivity index (χ3n) is 2.36. The van der Waals surface area contributed by atoms with Gasteiger partial charge in [0.1, 0.15) is 0 Å². The molecule has 0 aliphatic heterocycles. The summed E-state index contributed by atoms with van der Waals surface area (Å²) in [5.74, 6) is -0.163. The number of rotatable bonds is 5. The predicted octanol–water partition coefficient (Wildman–Crippen LogP) is 2.49. The third-order valence-corrected chi connectivity index (χ3v) is 2.66. The van der Waals surface area contributed by atoms with Crippen LogP contribution in [0.15, 0.2) is 12.1 Å². The summed E-state index contributed by atoms with van der Waals surface area (Å²) in [6.45, 7) is 5.49. The molecule has 2 N–H and O–H groups in total. The van der Waals surface area contributed by atoms with Gasteiger partial charge in [-0.3, -0.25) is 14.9 Å². The van der Waals surface area contributed by atoms with E-state index < -0.39 is 4.92 Å². The van der Waals surface area contributed by atoms with Crippen molar-refractivity contribution in [3.63, 3.8) is 0 Å². The number of nitro benzene ring substituents is 1. The van der Waals surface area contributed by atoms with E-state index in [1.54, 1.807) is 6.92 Å². The van der Waals surface area contributed by atoms with Gasteiger partial charge in [-0.15, -0.1) is 0 Å². The Labute approximate surface area is 116 Å². The Morgan fingerprint density at radius 2 is 2.11 bits per heavy atom. The molecule has 0 radical (unpaired) electrons. The normalized spacial score (nSPS) is 10.4. The van der Waals surface area contributed by atoms with Gasteiger partial charge in [0.05, 0.1) is 22.2 Å². The molecule has 0 saturated carbocycles. The van der Waals surface area contributed by atoms with Crippen LogP contribution in [0, 0.1) is 17.0 Å². The summed E-state index contributed by atoms with van der Waals surface area (Å²) < 4.78 is 0. The summed E-state index contributed by atoms with van der Waals surface area (Å²) in [5, 5.41) is 16.5. The van der Waals surface area contributed by atoms with Crippen LogP contribution in [0.4, 0.5) is 11.4 Å². The molecule has 0 unspecified atom stereocenters. The quantitative estimate of drug-likeness (QED) is 0.643. The zero-order chi connectivity index (χ0) is 14.6. The van der Waals surface area contributed by atoms with Crippen molar-refractivity contribution in [3.8, 4) is 0 Å². The van der Waals surface area contributed by atoms with Crippen LogP contribution in [0.25, 0.3) is 0 Å². The molecule has 7 heteroatoms. The Balaban J connectivity index is 2.79. The topological polar surface area (TPSA) is 84.3 Å². The second kappa shape index (κ2) is 6.38. The second-order valence-electron chi connectivity index (χ2n) is 4.45. The average Bonchev–Trinajstić information content (AvgIpc) is 2.26. The molecule has 1 aromatic carbocycles. The van der Waals surface area contributed by atoms with Crippen molar-refractivity contribution >= 4 is 28.9 Å². The molecular weight excluding hydrogens is 270 g/mol. The lowest BCUT2D eigenvalue weighted by Gasteiger charge is -2.13. The van der Waals surface area contributed by atoms with Crippen LogP contribution in [0.2, 0.25) is 5.02 Å². The largest absolute Gasteiger partial charge is 0.375 e. The first-order valence-corrected chi connectivity index (χ1v) is 6.17. The number of aryl methyl sites for hydroxylation is 1. The smallest absolute Gasteiger partial charge is 0.271 e. The first kappa shape index (κ1) is 15.2. The number of carbonyl (C=O) groups excluding carboxylic acids is 1. The van der Waals surface area contributed by atoms with Gasteiger partial charge in [0, 0.05) is 18.2 Å². The Morgan fingerprint density at radius 1 is 1.47 bits per heavy atom. The van der Waals surface area contributed by atoms with Crippen LogP contribution in [0.5, 0.6) is 0 Å². The molecule has 19 heavy (non-hydrogen) atoms. The number of nitrogens with one attached hydrogen (secondary N) is 2. The number of benzene rings is 1. The molecule has 104 valence electrons. The molecule has 6 nitrogen and oxygen atoms in total. The Bertz CT molecular complexity index is 480. The van der Waals surface area contributed by atoms with E-state index in [0.29, 0.717) is 11.3 Å². The van der Waals surface area contributed by atoms with Gasteiger partial charge in [-0.25, -0.2) is 0 Å². The lowest BCUT2D eigenvalue weighted by molar-refractivity contribution is -0.384. The van der Waals surface area contributed by atoms with Gasteiger partial charge in [-0.05, 0) is 26.3 Å². The van der Waals surface area contributed by atoms with Crippen LogP contribution >= 0.6 is 11.6 Å². The number of nitro groups is 1. The van der Waals surface area contributed by atoms with Gasteiger partial charge in [-0.1, -0.05) is 11.6 Å². The van der Waals surface area contributed by atoms with Gasteiger partial charge in [-0.2, -0.15) is 0 Å². The van der Waals surface area contributed by atoms with E-state index in [9.17, 15) is 14.9 Å². The summed E-state index contributed by atoms with van der Waals surface area (Å²) in [6.07, 6.45) is 0. The van der Waals surface area contributed by atoms with Crippen molar-refractivity contribution in [2.45, 2.75) is 26.8 Å². The Hall–Kier alpha value is -1.82. The molecule has 0 aliphatic carbocycles. The predicted molar refractivity (Wildman–Crippen MR) is 74.6 cm³/mol. The lowest BCUT2D eigenvalue weighted by Crippen LogP contribution is -2.34. The average molecular weight is 286 g/mol. The first-order valence-electron chi connectivity index (χ1n) is 5.79. The highest BCUT2D eigenvalue weighted by atomic mass is 35.5. The van der Waals surface area contributed by atoms with E-state index in [1.165, 1.54) is 12.1 Å². The van der Waals surface area contributed by atoms with Crippen molar-refractivity contribution in [1.29, 1.82) is 0 Å². The Kier molecular flexibility index (Phi) is 5.11. The van der Waals surface area contributed by atoms with Crippen LogP contribution in [0.3, 0.4) is 0 Å². The Morgan fingerprint density at radius 3 is 2.58 bits per heavy atom. The van der Waals surface area contributed by atoms with Crippen LogP contribution in [0.1, 0.15) is 19.4 Å². The van der Waals surface area contributed by atoms with Crippen LogP contribution in [-0.2, 0) is 4.79 Å². The van der Waals surface area contributed by atoms with E-state index in [1.807, 2.05) is 13.8 Å². The number of halogens is 1. The molecule has 0 aliphatic rings. The number of hydrogen-bond acceptors (Lipinski definition) is 4. The number of nitrogens with zero attached hydrogens (tertiary/aromatic N) is 1. The van der Waals surface area contributed by atoms with E-state index in [4.69, 9.17) is 11.6 Å². The molecular formula is C12H16ClN3O3. The molecule has 0 atom stereocenters. The number of non-ortho nitro benzene ring substituents is 1. The van der Waals surface area contributed by atoms with Crippen molar-refractivity contribution in [2.75, 3.05) is 11.9 Å². The standard InChI is InChI=1S/C12H16ClN3O3/c1-7(2)15-11(17)6-14-12-8(3)4-9(16(18)19)5-10(12)13/h4-5,7,14H,6H2,1-3H3,(H,15,17). The molecule has 0 fully saturated rings. The summed E-state index contributed by atoms with van der Waals surface area (Å²) in [7, 11) is 0. The second-order valence-corrected chi connectivity index (χ2v) is 4.86. The molecule has 0 bridgehead atoms. The van der Waals surface area contributed by atoms with E-state index in [0.717, 1.165) is 0 Å². The van der Waals surface area contributed by atoms with Crippen molar-refractivity contribution in [2.24, 2.45) is 0 Å². The zero-order valence-corrected chi connectivity index (χ0v) is 11.7. The first-order chi connectivity index (χ1) is 8.81. The van der Waals surface area contributed by atoms with E-state index in [2.05, 4.69) is 10.6 Å². The molecule has 1 aromatic rings. The number of carbonyl (C=O) groups is 1. The maximum atomic E-state index is 11.5. The fourth-order valence-electron chi connectivity index (χ4n) is 1.60. The minimum absolute atomic E-state index is 0.0581. The number of hydrogen-bond donors (Lipinski definition) is 2. The monoisotopic (exact) mass is 285 g/mol. The number of anilines is 1. The highest BCUT2D eigenvalue weighted by Crippen LogP contribution is 2.30. The molecule has 0 aromatic heterocycles. The molecule has 0 spiro atoms. The summed E-state index contributed by atoms with van der Waals surface area (Å²) >= 11 is 5.97. The highest BCUT2D eigenvalue weighted by molar-refractivity contribution is 6.33. The van der Waals surface area contributed by atoms with Gasteiger partial charge in [0.25, 0.3) is 5.69 Å². The maximum Gasteiger partial charge on any atom is 0.271 e. The fourth-order valence-corrected chi connectivity index (χ4v) is 1.92. The third kappa shape index (κ3) is 4.40. The minimum atomic E-state index is -0.506. The molecule has 0 saturated heterocycles. The van der Waals surface area contributed by atoms with E-state index in [-0.39, 0.29) is 29.2 Å². The summed E-state index contributed by atoms with van der Waals surface area (Å²) in [6, 6.07) is 2.73. The molecule has 0 heterocycles. The molecule has 1 amide bonds. The van der Waals surface area contributed by atoms with Crippen LogP contribution in [-0.4, -0.2) is 23.4 Å². The van der Waals surface area contributed by atoms with Crippen molar-refractivity contribution in [1.82, 2.24) is 5.32 Å². The van der Waals surface area contributed by atoms with Gasteiger partial charge >= 0.3 is 0 Å².